The Morgan fingerprint density at radius 2 is 1.64 bits per heavy atom. The van der Waals surface area contributed by atoms with Crippen LogP contribution in [0, 0.1) is 0 Å². The Hall–Kier alpha value is -1.67. The van der Waals surface area contributed by atoms with E-state index in [9.17, 15) is 18.4 Å². The van der Waals surface area contributed by atoms with Crippen LogP contribution < -0.4 is 0 Å². The van der Waals surface area contributed by atoms with E-state index < -0.39 is 31.3 Å². The van der Waals surface area contributed by atoms with E-state index in [-0.39, 0.29) is 18.7 Å². The first-order valence-electron chi connectivity index (χ1n) is 6.48. The first kappa shape index (κ1) is 16.7. The molecule has 0 spiro atoms. The molecule has 1 aliphatic rings. The number of halogens is 3. The highest BCUT2D eigenvalue weighted by Gasteiger charge is 2.45. The summed E-state index contributed by atoms with van der Waals surface area (Å²) in [5.74, 6) is -3.05. The van der Waals surface area contributed by atoms with Gasteiger partial charge in [0.15, 0.2) is 0 Å². The lowest BCUT2D eigenvalue weighted by Gasteiger charge is -2.26. The van der Waals surface area contributed by atoms with Gasteiger partial charge in [-0.15, -0.1) is 0 Å². The van der Waals surface area contributed by atoms with Crippen LogP contribution in [0.25, 0.3) is 0 Å². The zero-order valence-corrected chi connectivity index (χ0v) is 12.4. The van der Waals surface area contributed by atoms with E-state index in [1.54, 1.807) is 0 Å². The molecule has 0 amide bonds. The molecule has 1 fully saturated rings. The maximum absolute atomic E-state index is 13.4. The van der Waals surface area contributed by atoms with Crippen molar-refractivity contribution in [3.05, 3.63) is 34.9 Å². The van der Waals surface area contributed by atoms with Crippen molar-refractivity contribution in [1.29, 1.82) is 0 Å². The highest BCUT2D eigenvalue weighted by atomic mass is 35.5. The standard InChI is InChI=1S/C13H13BClF2NO4/c1-18-6-10(19)21-14(22-11(20)7-18)12(13(16)17)8-2-4-9(15)5-3-8/h2-5,12-13H,6-7H2,1H3. The Morgan fingerprint density at radius 3 is 2.09 bits per heavy atom. The molecule has 1 aromatic rings. The summed E-state index contributed by atoms with van der Waals surface area (Å²) < 4.78 is 36.6. The van der Waals surface area contributed by atoms with Gasteiger partial charge in [-0.25, -0.2) is 8.78 Å². The molecule has 1 unspecified atom stereocenters. The molecule has 5 nitrogen and oxygen atoms in total. The van der Waals surface area contributed by atoms with Crippen LogP contribution in [-0.2, 0) is 18.9 Å². The molecule has 1 atom stereocenters. The Balaban J connectivity index is 2.27. The molecule has 2 rings (SSSR count). The van der Waals surface area contributed by atoms with Crippen molar-refractivity contribution in [1.82, 2.24) is 4.90 Å². The van der Waals surface area contributed by atoms with E-state index in [0.717, 1.165) is 0 Å². The molecular weight excluding hydrogens is 318 g/mol. The van der Waals surface area contributed by atoms with Gasteiger partial charge in [-0.1, -0.05) is 23.7 Å². The summed E-state index contributed by atoms with van der Waals surface area (Å²) in [5.41, 5.74) is 0.166. The summed E-state index contributed by atoms with van der Waals surface area (Å²) in [6.07, 6.45) is -2.89. The fourth-order valence-corrected chi connectivity index (χ4v) is 2.23. The van der Waals surface area contributed by atoms with Crippen LogP contribution in [-0.4, -0.2) is 50.5 Å². The molecule has 118 valence electrons. The molecule has 1 aromatic carbocycles. The molecule has 22 heavy (non-hydrogen) atoms. The van der Waals surface area contributed by atoms with E-state index in [4.69, 9.17) is 20.9 Å². The zero-order valence-electron chi connectivity index (χ0n) is 11.7. The molecule has 0 saturated carbocycles. The van der Waals surface area contributed by atoms with Gasteiger partial charge in [0, 0.05) is 5.02 Å². The minimum absolute atomic E-state index is 0.166. The summed E-state index contributed by atoms with van der Waals surface area (Å²) in [7, 11) is -0.151. The van der Waals surface area contributed by atoms with Crippen LogP contribution in [0.2, 0.25) is 5.02 Å². The van der Waals surface area contributed by atoms with Crippen LogP contribution in [0.5, 0.6) is 0 Å². The molecule has 0 aromatic heterocycles. The third kappa shape index (κ3) is 4.17. The molecule has 0 radical (unpaired) electrons. The third-order valence-electron chi connectivity index (χ3n) is 3.11. The monoisotopic (exact) mass is 331 g/mol. The summed E-state index contributed by atoms with van der Waals surface area (Å²) in [5, 5.41) is 0.380. The highest BCUT2D eigenvalue weighted by molar-refractivity contribution is 6.51. The SMILES string of the molecule is CN1CC(=O)OB(C(c2ccc(Cl)cc2)C(F)F)OC(=O)C1. The lowest BCUT2D eigenvalue weighted by molar-refractivity contribution is -0.146. The van der Waals surface area contributed by atoms with Crippen LogP contribution in [0.15, 0.2) is 24.3 Å². The van der Waals surface area contributed by atoms with Crippen molar-refractivity contribution in [2.24, 2.45) is 0 Å². The smallest absolute Gasteiger partial charge is 0.498 e. The fourth-order valence-electron chi connectivity index (χ4n) is 2.11. The molecular formula is C13H13BClF2NO4. The van der Waals surface area contributed by atoms with Crippen molar-refractivity contribution >= 4 is 30.7 Å². The van der Waals surface area contributed by atoms with Crippen LogP contribution in [0.3, 0.4) is 0 Å². The highest BCUT2D eigenvalue weighted by Crippen LogP contribution is 2.29. The van der Waals surface area contributed by atoms with Gasteiger partial charge in [0.05, 0.1) is 13.1 Å². The average Bonchev–Trinajstić information content (AvgIpc) is 2.38. The number of rotatable bonds is 3. The molecule has 9 heteroatoms. The summed E-state index contributed by atoms with van der Waals surface area (Å²) >= 11 is 5.73. The topological polar surface area (TPSA) is 55.8 Å². The number of alkyl halides is 2. The molecule has 0 N–H and O–H groups in total. The first-order valence-corrected chi connectivity index (χ1v) is 6.85. The van der Waals surface area contributed by atoms with Gasteiger partial charge < -0.3 is 9.31 Å². The van der Waals surface area contributed by atoms with Gasteiger partial charge in [0.25, 0.3) is 0 Å². The van der Waals surface area contributed by atoms with Gasteiger partial charge in [0.1, 0.15) is 5.82 Å². The van der Waals surface area contributed by atoms with Crippen LogP contribution in [0.4, 0.5) is 8.78 Å². The largest absolute Gasteiger partial charge is 0.612 e. The van der Waals surface area contributed by atoms with Crippen molar-refractivity contribution < 1.29 is 27.7 Å². The number of hydrogen-bond donors (Lipinski definition) is 0. The minimum Gasteiger partial charge on any atom is -0.498 e. The number of carbonyl (C=O) groups excluding carboxylic acids is 2. The minimum atomic E-state index is -2.89. The Labute approximate surface area is 131 Å². The molecule has 0 bridgehead atoms. The lowest BCUT2D eigenvalue weighted by Crippen LogP contribution is -2.46. The van der Waals surface area contributed by atoms with Crippen molar-refractivity contribution in [2.45, 2.75) is 12.2 Å². The van der Waals surface area contributed by atoms with Gasteiger partial charge in [-0.3, -0.25) is 14.5 Å². The first-order chi connectivity index (χ1) is 10.4. The van der Waals surface area contributed by atoms with Gasteiger partial charge in [-0.05, 0) is 24.7 Å². The number of carbonyl (C=O) groups is 2. The Kier molecular flexibility index (Phi) is 5.36. The molecule has 1 aliphatic heterocycles. The normalized spacial score (nSPS) is 18.5. The number of hydrogen-bond acceptors (Lipinski definition) is 5. The lowest BCUT2D eigenvalue weighted by atomic mass is 9.67. The van der Waals surface area contributed by atoms with E-state index >= 15 is 0 Å². The molecule has 1 heterocycles. The zero-order chi connectivity index (χ0) is 16.3. The second-order valence-corrected chi connectivity index (χ2v) is 5.37. The second-order valence-electron chi connectivity index (χ2n) is 4.93. The average molecular weight is 332 g/mol. The van der Waals surface area contributed by atoms with E-state index in [1.165, 1.54) is 36.2 Å². The number of nitrogens with zero attached hydrogens (tertiary/aromatic N) is 1. The summed E-state index contributed by atoms with van der Waals surface area (Å²) in [4.78, 5) is 24.7. The summed E-state index contributed by atoms with van der Waals surface area (Å²) in [6.45, 7) is -0.357. The van der Waals surface area contributed by atoms with Crippen molar-refractivity contribution in [3.63, 3.8) is 0 Å². The third-order valence-corrected chi connectivity index (χ3v) is 3.36. The van der Waals surface area contributed by atoms with E-state index in [0.29, 0.717) is 5.02 Å². The maximum Gasteiger partial charge on any atom is 0.612 e. The molecule has 1 saturated heterocycles. The molecule has 0 aliphatic carbocycles. The van der Waals surface area contributed by atoms with Crippen LogP contribution in [0.1, 0.15) is 11.4 Å². The quantitative estimate of drug-likeness (QED) is 0.790. The number of likely N-dealkylation sites (N-methyl/N-ethyl adjacent to an activating group) is 1. The van der Waals surface area contributed by atoms with Gasteiger partial charge in [-0.2, -0.15) is 0 Å². The second kappa shape index (κ2) is 7.06. The summed E-state index contributed by atoms with van der Waals surface area (Å²) in [6, 6.07) is 5.64. The van der Waals surface area contributed by atoms with Crippen LogP contribution >= 0.6 is 11.6 Å². The van der Waals surface area contributed by atoms with Crippen molar-refractivity contribution in [3.8, 4) is 0 Å². The Morgan fingerprint density at radius 1 is 1.14 bits per heavy atom. The van der Waals surface area contributed by atoms with E-state index in [2.05, 4.69) is 0 Å². The van der Waals surface area contributed by atoms with Gasteiger partial charge in [0.2, 0.25) is 6.43 Å². The predicted octanol–water partition coefficient (Wildman–Crippen LogP) is 1.75. The number of benzene rings is 1. The van der Waals surface area contributed by atoms with Gasteiger partial charge >= 0.3 is 19.1 Å². The fraction of sp³-hybridized carbons (Fsp3) is 0.385. The van der Waals surface area contributed by atoms with E-state index in [1.807, 2.05) is 0 Å². The predicted molar refractivity (Wildman–Crippen MR) is 75.6 cm³/mol. The van der Waals surface area contributed by atoms with Crippen molar-refractivity contribution in [2.75, 3.05) is 20.1 Å². The Bertz CT molecular complexity index is 537. The maximum atomic E-state index is 13.4.